The summed E-state index contributed by atoms with van der Waals surface area (Å²) >= 11 is 0. The number of ether oxygens (including phenoxy) is 1. The van der Waals surface area contributed by atoms with Crippen LogP contribution in [0.5, 0.6) is 5.75 Å². The van der Waals surface area contributed by atoms with Crippen molar-refractivity contribution < 1.29 is 13.5 Å². The van der Waals surface area contributed by atoms with Gasteiger partial charge < -0.3 is 15.0 Å². The van der Waals surface area contributed by atoms with E-state index in [9.17, 15) is 8.78 Å². The molecule has 3 heterocycles. The Morgan fingerprint density at radius 1 is 1.18 bits per heavy atom. The highest BCUT2D eigenvalue weighted by Crippen LogP contribution is 2.31. The van der Waals surface area contributed by atoms with Gasteiger partial charge in [-0.25, -0.2) is 14.4 Å². The minimum absolute atomic E-state index is 0.310. The first-order chi connectivity index (χ1) is 13.6. The molecule has 1 fully saturated rings. The number of hydrogen-bond donors (Lipinski definition) is 1. The van der Waals surface area contributed by atoms with Gasteiger partial charge in [-0.15, -0.1) is 0 Å². The molecule has 4 rings (SSSR count). The molecule has 0 aliphatic carbocycles. The number of aromatic nitrogens is 3. The second-order valence-electron chi connectivity index (χ2n) is 6.10. The van der Waals surface area contributed by atoms with E-state index in [2.05, 4.69) is 20.3 Å². The maximum Gasteiger partial charge on any atom is 0.225 e. The van der Waals surface area contributed by atoms with Crippen LogP contribution in [0.2, 0.25) is 0 Å². The van der Waals surface area contributed by atoms with Crippen LogP contribution in [0.1, 0.15) is 19.4 Å². The van der Waals surface area contributed by atoms with Gasteiger partial charge in [0.15, 0.2) is 0 Å². The van der Waals surface area contributed by atoms with Crippen molar-refractivity contribution in [1.82, 2.24) is 15.0 Å². The maximum absolute atomic E-state index is 13.3. The van der Waals surface area contributed by atoms with E-state index in [1.54, 1.807) is 13.2 Å². The molecule has 0 amide bonds. The molecule has 0 unspecified atom stereocenters. The second-order valence-corrected chi connectivity index (χ2v) is 6.10. The molecule has 1 saturated heterocycles. The Balaban J connectivity index is 0.00000109. The number of anilines is 2. The Labute approximate surface area is 162 Å². The number of halogens is 2. The topological polar surface area (TPSA) is 63.2 Å². The third-order valence-electron chi connectivity index (χ3n) is 4.26. The summed E-state index contributed by atoms with van der Waals surface area (Å²) in [7, 11) is 1.59. The maximum atomic E-state index is 13.3. The van der Waals surface area contributed by atoms with E-state index in [0.717, 1.165) is 16.5 Å². The van der Waals surface area contributed by atoms with E-state index in [1.165, 1.54) is 12.3 Å². The van der Waals surface area contributed by atoms with E-state index in [4.69, 9.17) is 4.74 Å². The molecule has 0 saturated carbocycles. The number of nitrogens with one attached hydrogen (secondary N) is 1. The monoisotopic (exact) mass is 387 g/mol. The summed E-state index contributed by atoms with van der Waals surface area (Å²) in [5.41, 5.74) is 1.54. The van der Waals surface area contributed by atoms with Crippen molar-refractivity contribution in [2.24, 2.45) is 0 Å². The highest BCUT2D eigenvalue weighted by molar-refractivity contribution is 5.92. The minimum Gasteiger partial charge on any atom is -0.497 e. The van der Waals surface area contributed by atoms with Gasteiger partial charge in [0.1, 0.15) is 17.7 Å². The normalized spacial score (nSPS) is 13.5. The van der Waals surface area contributed by atoms with Crippen molar-refractivity contribution >= 4 is 22.7 Å². The van der Waals surface area contributed by atoms with Gasteiger partial charge >= 0.3 is 0 Å². The van der Waals surface area contributed by atoms with E-state index in [-0.39, 0.29) is 0 Å². The summed E-state index contributed by atoms with van der Waals surface area (Å²) in [6.45, 7) is 5.02. The van der Waals surface area contributed by atoms with Crippen LogP contribution < -0.4 is 15.0 Å². The van der Waals surface area contributed by atoms with E-state index in [0.29, 0.717) is 37.1 Å². The largest absolute Gasteiger partial charge is 0.497 e. The van der Waals surface area contributed by atoms with Gasteiger partial charge in [0.05, 0.1) is 25.7 Å². The Hall–Kier alpha value is -3.03. The Morgan fingerprint density at radius 2 is 1.96 bits per heavy atom. The van der Waals surface area contributed by atoms with Gasteiger partial charge in [-0.1, -0.05) is 19.9 Å². The summed E-state index contributed by atoms with van der Waals surface area (Å²) < 4.78 is 31.5. The van der Waals surface area contributed by atoms with Gasteiger partial charge in [0.25, 0.3) is 0 Å². The number of nitrogens with zero attached hydrogens (tertiary/aromatic N) is 4. The van der Waals surface area contributed by atoms with Gasteiger partial charge in [0, 0.05) is 18.1 Å². The predicted octanol–water partition coefficient (Wildman–Crippen LogP) is 3.97. The van der Waals surface area contributed by atoms with Crippen LogP contribution in [0.3, 0.4) is 0 Å². The van der Waals surface area contributed by atoms with Crippen LogP contribution >= 0.6 is 0 Å². The van der Waals surface area contributed by atoms with E-state index >= 15 is 0 Å². The molecule has 6 nitrogen and oxygen atoms in total. The number of alkyl halides is 1. The average Bonchev–Trinajstić information content (AvgIpc) is 2.71. The van der Waals surface area contributed by atoms with Gasteiger partial charge in [-0.05, 0) is 29.8 Å². The highest BCUT2D eigenvalue weighted by atomic mass is 19.1. The van der Waals surface area contributed by atoms with Crippen LogP contribution in [-0.2, 0) is 6.54 Å². The fourth-order valence-electron chi connectivity index (χ4n) is 2.83. The zero-order valence-corrected chi connectivity index (χ0v) is 16.1. The Morgan fingerprint density at radius 3 is 2.61 bits per heavy atom. The van der Waals surface area contributed by atoms with E-state index in [1.807, 2.05) is 36.9 Å². The third kappa shape index (κ3) is 4.27. The van der Waals surface area contributed by atoms with Crippen molar-refractivity contribution in [2.75, 3.05) is 30.4 Å². The number of methoxy groups -OCH3 is 1. The molecular formula is C20H23F2N5O. The molecule has 1 aromatic carbocycles. The quantitative estimate of drug-likeness (QED) is 0.669. The summed E-state index contributed by atoms with van der Waals surface area (Å²) in [5, 5.41) is 3.93. The molecule has 148 valence electrons. The fraction of sp³-hybridized carbons (Fsp3) is 0.350. The molecule has 0 bridgehead atoms. The SMILES string of the molecule is CC.COc1ccc2nc(NCc3ccc(F)nc3)nc(N3CC(F)C3)c2c1. The third-order valence-corrected chi connectivity index (χ3v) is 4.26. The van der Waals surface area contributed by atoms with Crippen LogP contribution in [0.25, 0.3) is 10.9 Å². The number of pyridine rings is 1. The molecule has 0 radical (unpaired) electrons. The zero-order chi connectivity index (χ0) is 20.1. The molecule has 1 N–H and O–H groups in total. The summed E-state index contributed by atoms with van der Waals surface area (Å²) in [4.78, 5) is 14.6. The first-order valence-corrected chi connectivity index (χ1v) is 9.21. The lowest BCUT2D eigenvalue weighted by Crippen LogP contribution is -2.49. The minimum atomic E-state index is -0.840. The van der Waals surface area contributed by atoms with Crippen LogP contribution in [0.15, 0.2) is 36.5 Å². The zero-order valence-electron chi connectivity index (χ0n) is 16.1. The number of rotatable bonds is 5. The standard InChI is InChI=1S/C18H17F2N5O.C2H6/c1-26-13-3-4-15-14(6-13)17(25-9-12(19)10-25)24-18(23-15)22-8-11-2-5-16(20)21-7-11;1-2/h2-7,12H,8-10H2,1H3,(H,22,23,24);1-2H3. The smallest absolute Gasteiger partial charge is 0.225 e. The van der Waals surface area contributed by atoms with Crippen LogP contribution in [-0.4, -0.2) is 41.3 Å². The molecular weight excluding hydrogens is 364 g/mol. The van der Waals surface area contributed by atoms with Crippen molar-refractivity contribution in [3.8, 4) is 5.75 Å². The Bertz CT molecular complexity index is 930. The average molecular weight is 387 g/mol. The number of benzene rings is 1. The summed E-state index contributed by atoms with van der Waals surface area (Å²) in [6, 6.07) is 8.46. The first kappa shape index (κ1) is 19.7. The molecule has 3 aromatic rings. The van der Waals surface area contributed by atoms with Gasteiger partial charge in [-0.3, -0.25) is 0 Å². The predicted molar refractivity (Wildman–Crippen MR) is 106 cm³/mol. The fourth-order valence-corrected chi connectivity index (χ4v) is 2.83. The van der Waals surface area contributed by atoms with E-state index < -0.39 is 12.1 Å². The lowest BCUT2D eigenvalue weighted by Gasteiger charge is -2.36. The number of hydrogen-bond acceptors (Lipinski definition) is 6. The molecule has 1 aliphatic rings. The van der Waals surface area contributed by atoms with Crippen molar-refractivity contribution in [3.05, 3.63) is 48.0 Å². The number of fused-ring (bicyclic) bond motifs is 1. The second kappa shape index (κ2) is 8.77. The molecule has 1 aliphatic heterocycles. The van der Waals surface area contributed by atoms with Crippen LogP contribution in [0.4, 0.5) is 20.5 Å². The van der Waals surface area contributed by atoms with Crippen molar-refractivity contribution in [1.29, 1.82) is 0 Å². The lowest BCUT2D eigenvalue weighted by atomic mass is 10.1. The van der Waals surface area contributed by atoms with Crippen molar-refractivity contribution in [3.63, 3.8) is 0 Å². The van der Waals surface area contributed by atoms with Crippen LogP contribution in [0, 0.1) is 5.95 Å². The van der Waals surface area contributed by atoms with Crippen molar-refractivity contribution in [2.45, 2.75) is 26.6 Å². The van der Waals surface area contributed by atoms with Gasteiger partial charge in [0.2, 0.25) is 11.9 Å². The van der Waals surface area contributed by atoms with Gasteiger partial charge in [-0.2, -0.15) is 9.37 Å². The Kier molecular flexibility index (Phi) is 6.18. The molecule has 2 aromatic heterocycles. The summed E-state index contributed by atoms with van der Waals surface area (Å²) in [6.07, 6.45) is 0.616. The first-order valence-electron chi connectivity index (χ1n) is 9.21. The molecule has 0 spiro atoms. The molecule has 8 heteroatoms. The molecule has 0 atom stereocenters. The summed E-state index contributed by atoms with van der Waals surface area (Å²) in [5.74, 6) is 1.26. The molecule has 28 heavy (non-hydrogen) atoms. The lowest BCUT2D eigenvalue weighted by molar-refractivity contribution is 0.274. The highest BCUT2D eigenvalue weighted by Gasteiger charge is 2.29.